The van der Waals surface area contributed by atoms with E-state index in [1.54, 1.807) is 17.1 Å². The quantitative estimate of drug-likeness (QED) is 0.845. The molecule has 18 heavy (non-hydrogen) atoms. The lowest BCUT2D eigenvalue weighted by Gasteiger charge is -2.32. The Bertz CT molecular complexity index is 418. The smallest absolute Gasteiger partial charge is 0.227 e. The summed E-state index contributed by atoms with van der Waals surface area (Å²) in [5, 5.41) is 4.72. The SMILES string of the molecule is C[C@H]1CCCN(C(=O)[C@@H](C)Cn2cc(Cl)cn2)C1. The van der Waals surface area contributed by atoms with Crippen LogP contribution in [-0.4, -0.2) is 33.7 Å². The Morgan fingerprint density at radius 1 is 1.67 bits per heavy atom. The first-order valence-corrected chi connectivity index (χ1v) is 6.91. The van der Waals surface area contributed by atoms with Gasteiger partial charge in [0.1, 0.15) is 0 Å². The molecule has 1 fully saturated rings. The van der Waals surface area contributed by atoms with Gasteiger partial charge in [0.25, 0.3) is 0 Å². The maximum Gasteiger partial charge on any atom is 0.227 e. The molecule has 100 valence electrons. The monoisotopic (exact) mass is 269 g/mol. The minimum atomic E-state index is -0.0498. The Balaban J connectivity index is 1.91. The van der Waals surface area contributed by atoms with E-state index in [1.165, 1.54) is 6.42 Å². The second-order valence-electron chi connectivity index (χ2n) is 5.31. The molecular weight excluding hydrogens is 250 g/mol. The first-order chi connectivity index (χ1) is 8.56. The fourth-order valence-electron chi connectivity index (χ4n) is 2.50. The van der Waals surface area contributed by atoms with Gasteiger partial charge in [-0.3, -0.25) is 9.48 Å². The fourth-order valence-corrected chi connectivity index (χ4v) is 2.65. The highest BCUT2D eigenvalue weighted by molar-refractivity contribution is 6.30. The van der Waals surface area contributed by atoms with Crippen molar-refractivity contribution >= 4 is 17.5 Å². The average molecular weight is 270 g/mol. The number of nitrogens with zero attached hydrogens (tertiary/aromatic N) is 3. The Labute approximate surface area is 113 Å². The van der Waals surface area contributed by atoms with Crippen LogP contribution in [0.25, 0.3) is 0 Å². The molecule has 0 N–H and O–H groups in total. The molecular formula is C13H20ClN3O. The van der Waals surface area contributed by atoms with E-state index in [0.717, 1.165) is 19.5 Å². The van der Waals surface area contributed by atoms with Crippen molar-refractivity contribution in [2.24, 2.45) is 11.8 Å². The normalized spacial score (nSPS) is 21.9. The number of hydrogen-bond donors (Lipinski definition) is 0. The molecule has 1 aromatic rings. The molecule has 2 heterocycles. The minimum absolute atomic E-state index is 0.0498. The van der Waals surface area contributed by atoms with Crippen molar-refractivity contribution in [3.05, 3.63) is 17.4 Å². The van der Waals surface area contributed by atoms with Crippen molar-refractivity contribution in [1.29, 1.82) is 0 Å². The number of carbonyl (C=O) groups is 1. The fraction of sp³-hybridized carbons (Fsp3) is 0.692. The summed E-state index contributed by atoms with van der Waals surface area (Å²) in [5.41, 5.74) is 0. The van der Waals surface area contributed by atoms with Crippen molar-refractivity contribution < 1.29 is 4.79 Å². The van der Waals surface area contributed by atoms with E-state index in [0.29, 0.717) is 17.5 Å². The predicted molar refractivity (Wildman–Crippen MR) is 71.4 cm³/mol. The molecule has 5 heteroatoms. The molecule has 0 saturated carbocycles. The zero-order chi connectivity index (χ0) is 13.1. The van der Waals surface area contributed by atoms with Gasteiger partial charge in [-0.1, -0.05) is 25.4 Å². The topological polar surface area (TPSA) is 38.1 Å². The molecule has 2 rings (SSSR count). The van der Waals surface area contributed by atoms with E-state index in [4.69, 9.17) is 11.6 Å². The zero-order valence-electron chi connectivity index (χ0n) is 11.0. The largest absolute Gasteiger partial charge is 0.342 e. The van der Waals surface area contributed by atoms with Crippen LogP contribution in [0.4, 0.5) is 0 Å². The summed E-state index contributed by atoms with van der Waals surface area (Å²) < 4.78 is 1.73. The van der Waals surface area contributed by atoms with Crippen molar-refractivity contribution in [3.63, 3.8) is 0 Å². The molecule has 0 spiro atoms. The molecule has 1 saturated heterocycles. The van der Waals surface area contributed by atoms with Crippen molar-refractivity contribution in [2.75, 3.05) is 13.1 Å². The number of piperidine rings is 1. The van der Waals surface area contributed by atoms with Crippen LogP contribution < -0.4 is 0 Å². The highest BCUT2D eigenvalue weighted by Crippen LogP contribution is 2.18. The van der Waals surface area contributed by atoms with Crippen LogP contribution in [0.2, 0.25) is 5.02 Å². The van der Waals surface area contributed by atoms with E-state index in [1.807, 2.05) is 11.8 Å². The number of amides is 1. The summed E-state index contributed by atoms with van der Waals surface area (Å²) in [5.74, 6) is 0.800. The van der Waals surface area contributed by atoms with Crippen LogP contribution in [-0.2, 0) is 11.3 Å². The molecule has 1 aliphatic heterocycles. The molecule has 1 amide bonds. The molecule has 0 aromatic carbocycles. The van der Waals surface area contributed by atoms with E-state index in [-0.39, 0.29) is 11.8 Å². The molecule has 0 aliphatic carbocycles. The first-order valence-electron chi connectivity index (χ1n) is 6.53. The number of likely N-dealkylation sites (tertiary alicyclic amines) is 1. The third-order valence-electron chi connectivity index (χ3n) is 3.45. The van der Waals surface area contributed by atoms with E-state index in [9.17, 15) is 4.79 Å². The van der Waals surface area contributed by atoms with Gasteiger partial charge in [0.2, 0.25) is 5.91 Å². The van der Waals surface area contributed by atoms with Crippen LogP contribution in [0, 0.1) is 11.8 Å². The summed E-state index contributed by atoms with van der Waals surface area (Å²) in [7, 11) is 0. The Morgan fingerprint density at radius 3 is 3.06 bits per heavy atom. The molecule has 4 nitrogen and oxygen atoms in total. The van der Waals surface area contributed by atoms with Crippen LogP contribution in [0.5, 0.6) is 0 Å². The number of carbonyl (C=O) groups excluding carboxylic acids is 1. The Morgan fingerprint density at radius 2 is 2.44 bits per heavy atom. The predicted octanol–water partition coefficient (Wildman–Crippen LogP) is 2.43. The summed E-state index contributed by atoms with van der Waals surface area (Å²) in [6.07, 6.45) is 5.70. The standard InChI is InChI=1S/C13H20ClN3O/c1-10-4-3-5-16(7-10)13(18)11(2)8-17-9-12(14)6-15-17/h6,9-11H,3-5,7-8H2,1-2H3/t10-,11-/m0/s1. The van der Waals surface area contributed by atoms with Crippen molar-refractivity contribution in [3.8, 4) is 0 Å². The molecule has 2 atom stereocenters. The highest BCUT2D eigenvalue weighted by Gasteiger charge is 2.25. The first kappa shape index (κ1) is 13.4. The number of aromatic nitrogens is 2. The molecule has 0 radical (unpaired) electrons. The number of hydrogen-bond acceptors (Lipinski definition) is 2. The third-order valence-corrected chi connectivity index (χ3v) is 3.65. The van der Waals surface area contributed by atoms with Gasteiger partial charge in [0.05, 0.1) is 23.7 Å². The molecule has 0 unspecified atom stereocenters. The molecule has 1 aromatic heterocycles. The molecule has 1 aliphatic rings. The maximum atomic E-state index is 12.3. The number of halogens is 1. The summed E-state index contributed by atoms with van der Waals surface area (Å²) in [6, 6.07) is 0. The van der Waals surface area contributed by atoms with Crippen LogP contribution in [0.1, 0.15) is 26.7 Å². The van der Waals surface area contributed by atoms with Crippen molar-refractivity contribution in [1.82, 2.24) is 14.7 Å². The third kappa shape index (κ3) is 3.25. The van der Waals surface area contributed by atoms with Crippen LogP contribution in [0.15, 0.2) is 12.4 Å². The second-order valence-corrected chi connectivity index (χ2v) is 5.75. The average Bonchev–Trinajstić information content (AvgIpc) is 2.73. The van der Waals surface area contributed by atoms with E-state index in [2.05, 4.69) is 12.0 Å². The minimum Gasteiger partial charge on any atom is -0.342 e. The van der Waals surface area contributed by atoms with E-state index < -0.39 is 0 Å². The lowest BCUT2D eigenvalue weighted by Crippen LogP contribution is -2.42. The summed E-state index contributed by atoms with van der Waals surface area (Å²) in [4.78, 5) is 14.3. The number of rotatable bonds is 3. The lowest BCUT2D eigenvalue weighted by atomic mass is 9.99. The summed E-state index contributed by atoms with van der Waals surface area (Å²) >= 11 is 5.81. The van der Waals surface area contributed by atoms with Gasteiger partial charge in [-0.15, -0.1) is 0 Å². The van der Waals surface area contributed by atoms with Crippen molar-refractivity contribution in [2.45, 2.75) is 33.2 Å². The van der Waals surface area contributed by atoms with Gasteiger partial charge in [0.15, 0.2) is 0 Å². The van der Waals surface area contributed by atoms with Gasteiger partial charge < -0.3 is 4.90 Å². The zero-order valence-corrected chi connectivity index (χ0v) is 11.7. The molecule has 0 bridgehead atoms. The van der Waals surface area contributed by atoms with Gasteiger partial charge >= 0.3 is 0 Å². The highest BCUT2D eigenvalue weighted by atomic mass is 35.5. The van der Waals surface area contributed by atoms with E-state index >= 15 is 0 Å². The Kier molecular flexibility index (Phi) is 4.27. The Hall–Kier alpha value is -1.03. The second kappa shape index (κ2) is 5.74. The lowest BCUT2D eigenvalue weighted by molar-refractivity contribution is -0.137. The van der Waals surface area contributed by atoms with Crippen LogP contribution in [0.3, 0.4) is 0 Å². The van der Waals surface area contributed by atoms with Gasteiger partial charge in [-0.25, -0.2) is 0 Å². The maximum absolute atomic E-state index is 12.3. The van der Waals surface area contributed by atoms with Crippen LogP contribution >= 0.6 is 11.6 Å². The van der Waals surface area contributed by atoms with Gasteiger partial charge in [-0.2, -0.15) is 5.10 Å². The van der Waals surface area contributed by atoms with Gasteiger partial charge in [0, 0.05) is 19.3 Å². The summed E-state index contributed by atoms with van der Waals surface area (Å²) in [6.45, 7) is 6.54. The van der Waals surface area contributed by atoms with Gasteiger partial charge in [-0.05, 0) is 18.8 Å².